The molecule has 2 heterocycles. The first kappa shape index (κ1) is 19.4. The highest BCUT2D eigenvalue weighted by molar-refractivity contribution is 7.91. The summed E-state index contributed by atoms with van der Waals surface area (Å²) in [6, 6.07) is 10.1. The molecule has 3 rings (SSSR count). The van der Waals surface area contributed by atoms with Crippen LogP contribution in [0.5, 0.6) is 0 Å². The first-order chi connectivity index (χ1) is 12.5. The van der Waals surface area contributed by atoms with Crippen molar-refractivity contribution < 1.29 is 13.2 Å². The normalized spacial score (nSPS) is 16.2. The lowest BCUT2D eigenvalue weighted by Gasteiger charge is -2.18. The number of carbonyl (C=O) groups excluding carboxylic acids is 1. The van der Waals surface area contributed by atoms with Crippen molar-refractivity contribution in [3.63, 3.8) is 0 Å². The van der Waals surface area contributed by atoms with E-state index >= 15 is 0 Å². The number of hydrogen-bond acceptors (Lipinski definition) is 4. The third-order valence-electron chi connectivity index (χ3n) is 4.31. The molecule has 1 saturated heterocycles. The van der Waals surface area contributed by atoms with Crippen molar-refractivity contribution >= 4 is 38.9 Å². The number of nitrogens with zero attached hydrogens (tertiary/aromatic N) is 1. The van der Waals surface area contributed by atoms with Gasteiger partial charge in [0.05, 0.1) is 6.54 Å². The van der Waals surface area contributed by atoms with Crippen molar-refractivity contribution in [2.45, 2.75) is 36.4 Å². The maximum absolute atomic E-state index is 12.8. The minimum atomic E-state index is -3.44. The van der Waals surface area contributed by atoms with Gasteiger partial charge in [0, 0.05) is 28.6 Å². The fourth-order valence-corrected chi connectivity index (χ4v) is 6.06. The van der Waals surface area contributed by atoms with Crippen LogP contribution in [0.25, 0.3) is 0 Å². The van der Waals surface area contributed by atoms with Gasteiger partial charge in [-0.2, -0.15) is 4.31 Å². The average Bonchev–Trinajstić information content (AvgIpc) is 2.93. The molecule has 0 spiro atoms. The van der Waals surface area contributed by atoms with Gasteiger partial charge < -0.3 is 5.32 Å². The number of rotatable bonds is 5. The molecule has 0 bridgehead atoms. The average molecular weight is 413 g/mol. The lowest BCUT2D eigenvalue weighted by atomic mass is 10.2. The van der Waals surface area contributed by atoms with Gasteiger partial charge in [0.25, 0.3) is 15.9 Å². The molecule has 1 fully saturated rings. The van der Waals surface area contributed by atoms with Crippen LogP contribution in [0.15, 0.2) is 40.6 Å². The van der Waals surface area contributed by atoms with E-state index < -0.39 is 10.0 Å². The fourth-order valence-electron chi connectivity index (χ4n) is 2.90. The highest BCUT2D eigenvalue weighted by Gasteiger charge is 2.26. The van der Waals surface area contributed by atoms with Crippen LogP contribution in [-0.4, -0.2) is 31.7 Å². The third-order valence-corrected chi connectivity index (χ3v) is 7.99. The maximum Gasteiger partial charge on any atom is 0.252 e. The summed E-state index contributed by atoms with van der Waals surface area (Å²) in [5, 5.41) is 3.30. The number of nitrogens with one attached hydrogen (secondary N) is 1. The van der Waals surface area contributed by atoms with Crippen molar-refractivity contribution in [3.05, 3.63) is 51.9 Å². The van der Waals surface area contributed by atoms with E-state index in [2.05, 4.69) is 5.32 Å². The topological polar surface area (TPSA) is 66.5 Å². The summed E-state index contributed by atoms with van der Waals surface area (Å²) in [7, 11) is -3.44. The molecule has 1 aliphatic heterocycles. The SMILES string of the molecule is O=C(NCc1ccc(S(=O)(=O)N2CCCCCC2)s1)c1cccc(Cl)c1. The molecule has 0 atom stereocenters. The Kier molecular flexibility index (Phi) is 6.34. The molecule has 26 heavy (non-hydrogen) atoms. The first-order valence-corrected chi connectivity index (χ1v) is 11.2. The Bertz CT molecular complexity index is 872. The van der Waals surface area contributed by atoms with Crippen molar-refractivity contribution in [2.75, 3.05) is 13.1 Å². The van der Waals surface area contributed by atoms with Crippen molar-refractivity contribution in [2.24, 2.45) is 0 Å². The third kappa shape index (κ3) is 4.65. The monoisotopic (exact) mass is 412 g/mol. The maximum atomic E-state index is 12.8. The Morgan fingerprint density at radius 3 is 2.54 bits per heavy atom. The second-order valence-electron chi connectivity index (χ2n) is 6.23. The van der Waals surface area contributed by atoms with E-state index in [1.165, 1.54) is 11.3 Å². The molecule has 2 aromatic rings. The summed E-state index contributed by atoms with van der Waals surface area (Å²) in [6.45, 7) is 1.45. The Hall–Kier alpha value is -1.41. The second kappa shape index (κ2) is 8.52. The van der Waals surface area contributed by atoms with E-state index in [1.54, 1.807) is 40.7 Å². The predicted molar refractivity (Wildman–Crippen MR) is 104 cm³/mol. The summed E-state index contributed by atoms with van der Waals surface area (Å²) in [4.78, 5) is 13.0. The van der Waals surface area contributed by atoms with Crippen LogP contribution in [0.2, 0.25) is 5.02 Å². The molecular weight excluding hydrogens is 392 g/mol. The van der Waals surface area contributed by atoms with Crippen molar-refractivity contribution in [3.8, 4) is 0 Å². The zero-order chi connectivity index (χ0) is 18.6. The minimum absolute atomic E-state index is 0.238. The van der Waals surface area contributed by atoms with Gasteiger partial charge in [-0.3, -0.25) is 4.79 Å². The van der Waals surface area contributed by atoms with E-state index in [0.29, 0.717) is 27.9 Å². The molecule has 0 unspecified atom stereocenters. The molecule has 1 aromatic heterocycles. The molecule has 0 radical (unpaired) electrons. The molecular formula is C18H21ClN2O3S2. The smallest absolute Gasteiger partial charge is 0.252 e. The molecule has 0 saturated carbocycles. The van der Waals surface area contributed by atoms with Crippen molar-refractivity contribution in [1.82, 2.24) is 9.62 Å². The number of hydrogen-bond donors (Lipinski definition) is 1. The van der Waals surface area contributed by atoms with E-state index in [1.807, 2.05) is 0 Å². The summed E-state index contributed by atoms with van der Waals surface area (Å²) in [5.74, 6) is -0.238. The van der Waals surface area contributed by atoms with Crippen LogP contribution in [0.1, 0.15) is 40.9 Å². The van der Waals surface area contributed by atoms with E-state index in [0.717, 1.165) is 30.6 Å². The van der Waals surface area contributed by atoms with Gasteiger partial charge in [-0.15, -0.1) is 11.3 Å². The van der Waals surface area contributed by atoms with Gasteiger partial charge in [-0.25, -0.2) is 8.42 Å². The zero-order valence-electron chi connectivity index (χ0n) is 14.3. The summed E-state index contributed by atoms with van der Waals surface area (Å²) in [6.07, 6.45) is 3.98. The van der Waals surface area contributed by atoms with Crippen LogP contribution < -0.4 is 5.32 Å². The number of carbonyl (C=O) groups is 1. The number of benzene rings is 1. The Labute approximate surface area is 163 Å². The summed E-state index contributed by atoms with van der Waals surface area (Å²) >= 11 is 7.11. The number of halogens is 1. The number of amides is 1. The van der Waals surface area contributed by atoms with Crippen LogP contribution >= 0.6 is 22.9 Å². The molecule has 140 valence electrons. The molecule has 1 amide bonds. The minimum Gasteiger partial charge on any atom is -0.347 e. The lowest BCUT2D eigenvalue weighted by molar-refractivity contribution is 0.0951. The standard InChI is InChI=1S/C18H21ClN2O3S2/c19-15-7-5-6-14(12-15)18(22)20-13-16-8-9-17(25-16)26(23,24)21-10-3-1-2-4-11-21/h5-9,12H,1-4,10-11,13H2,(H,20,22). The highest BCUT2D eigenvalue weighted by Crippen LogP contribution is 2.27. The fraction of sp³-hybridized carbons (Fsp3) is 0.389. The lowest BCUT2D eigenvalue weighted by Crippen LogP contribution is -2.31. The summed E-state index contributed by atoms with van der Waals surface area (Å²) in [5.41, 5.74) is 0.478. The van der Waals surface area contributed by atoms with Crippen molar-refractivity contribution in [1.29, 1.82) is 0 Å². The molecule has 1 aromatic carbocycles. The Balaban J connectivity index is 1.65. The van der Waals surface area contributed by atoms with Gasteiger partial charge in [0.15, 0.2) is 0 Å². The van der Waals surface area contributed by atoms with Gasteiger partial charge in [0.1, 0.15) is 4.21 Å². The largest absolute Gasteiger partial charge is 0.347 e. The van der Waals surface area contributed by atoms with Gasteiger partial charge in [-0.1, -0.05) is 30.5 Å². The van der Waals surface area contributed by atoms with E-state index in [4.69, 9.17) is 11.6 Å². The van der Waals surface area contributed by atoms with Gasteiger partial charge in [0.2, 0.25) is 0 Å². The van der Waals surface area contributed by atoms with E-state index in [9.17, 15) is 13.2 Å². The number of sulfonamides is 1. The van der Waals surface area contributed by atoms with Crippen LogP contribution in [0.4, 0.5) is 0 Å². The van der Waals surface area contributed by atoms with Crippen LogP contribution in [0, 0.1) is 0 Å². The second-order valence-corrected chi connectivity index (χ2v) is 10.0. The van der Waals surface area contributed by atoms with E-state index in [-0.39, 0.29) is 12.5 Å². The quantitative estimate of drug-likeness (QED) is 0.809. The molecule has 0 aliphatic carbocycles. The van der Waals surface area contributed by atoms with Crippen LogP contribution in [-0.2, 0) is 16.6 Å². The molecule has 1 N–H and O–H groups in total. The Morgan fingerprint density at radius 1 is 1.12 bits per heavy atom. The predicted octanol–water partition coefficient (Wildman–Crippen LogP) is 3.90. The first-order valence-electron chi connectivity index (χ1n) is 8.59. The molecule has 1 aliphatic rings. The van der Waals surface area contributed by atoms with Gasteiger partial charge >= 0.3 is 0 Å². The molecule has 8 heteroatoms. The highest BCUT2D eigenvalue weighted by atomic mass is 35.5. The zero-order valence-corrected chi connectivity index (χ0v) is 16.7. The number of thiophene rings is 1. The Morgan fingerprint density at radius 2 is 1.85 bits per heavy atom. The molecule has 5 nitrogen and oxygen atoms in total. The van der Waals surface area contributed by atoms with Crippen LogP contribution in [0.3, 0.4) is 0 Å². The van der Waals surface area contributed by atoms with Gasteiger partial charge in [-0.05, 0) is 43.2 Å². The summed E-state index contributed by atoms with van der Waals surface area (Å²) < 4.78 is 27.5.